The molecule has 1 aromatic rings. The molecule has 160 valence electrons. The summed E-state index contributed by atoms with van der Waals surface area (Å²) in [5.74, 6) is -1.50. The Labute approximate surface area is 168 Å². The van der Waals surface area contributed by atoms with Crippen LogP contribution in [0.15, 0.2) is 70.8 Å². The highest BCUT2D eigenvalue weighted by Gasteiger charge is 2.72. The SMILES string of the molecule is O=C(NC(NCCC1=C2C=CC=CC2N=C1)(C(F)(F)F)C(F)(F)F)c1ccccc1. The van der Waals surface area contributed by atoms with Crippen molar-refractivity contribution in [2.24, 2.45) is 4.99 Å². The summed E-state index contributed by atoms with van der Waals surface area (Å²) in [6, 6.07) is 6.12. The van der Waals surface area contributed by atoms with E-state index in [0.717, 1.165) is 23.0 Å². The highest BCUT2D eigenvalue weighted by atomic mass is 19.4. The summed E-state index contributed by atoms with van der Waals surface area (Å²) in [7, 11) is 0. The van der Waals surface area contributed by atoms with Gasteiger partial charge < -0.3 is 5.32 Å². The van der Waals surface area contributed by atoms with E-state index in [1.807, 2.05) is 0 Å². The predicted octanol–water partition coefficient (Wildman–Crippen LogP) is 4.09. The van der Waals surface area contributed by atoms with Gasteiger partial charge >= 0.3 is 12.4 Å². The average Bonchev–Trinajstić information content (AvgIpc) is 3.09. The first-order valence-electron chi connectivity index (χ1n) is 8.92. The molecule has 0 radical (unpaired) electrons. The molecule has 2 N–H and O–H groups in total. The quantitative estimate of drug-likeness (QED) is 0.529. The third-order valence-corrected chi connectivity index (χ3v) is 4.73. The Hall–Kier alpha value is -2.88. The van der Waals surface area contributed by atoms with Crippen molar-refractivity contribution in [3.63, 3.8) is 0 Å². The fourth-order valence-electron chi connectivity index (χ4n) is 3.18. The van der Waals surface area contributed by atoms with Gasteiger partial charge in [0.2, 0.25) is 0 Å². The lowest BCUT2D eigenvalue weighted by Crippen LogP contribution is -2.75. The molecule has 10 heteroatoms. The van der Waals surface area contributed by atoms with Crippen molar-refractivity contribution in [2.75, 3.05) is 6.54 Å². The third kappa shape index (κ3) is 4.18. The van der Waals surface area contributed by atoms with E-state index in [1.165, 1.54) is 29.7 Å². The Morgan fingerprint density at radius 3 is 2.30 bits per heavy atom. The normalized spacial score (nSPS) is 18.7. The second kappa shape index (κ2) is 8.10. The zero-order valence-electron chi connectivity index (χ0n) is 15.4. The van der Waals surface area contributed by atoms with Gasteiger partial charge in [-0.15, -0.1) is 0 Å². The maximum atomic E-state index is 13.7. The number of fused-ring (bicyclic) bond motifs is 1. The fourth-order valence-corrected chi connectivity index (χ4v) is 3.18. The van der Waals surface area contributed by atoms with E-state index >= 15 is 0 Å². The van der Waals surface area contributed by atoms with Crippen LogP contribution in [0.5, 0.6) is 0 Å². The Morgan fingerprint density at radius 1 is 1.00 bits per heavy atom. The highest BCUT2D eigenvalue weighted by molar-refractivity contribution is 5.94. The lowest BCUT2D eigenvalue weighted by atomic mass is 9.98. The largest absolute Gasteiger partial charge is 0.434 e. The molecule has 0 saturated carbocycles. The molecule has 1 aromatic carbocycles. The van der Waals surface area contributed by atoms with E-state index in [-0.39, 0.29) is 18.0 Å². The van der Waals surface area contributed by atoms with Crippen LogP contribution in [-0.2, 0) is 0 Å². The van der Waals surface area contributed by atoms with Gasteiger partial charge in [-0.05, 0) is 29.7 Å². The first-order chi connectivity index (χ1) is 14.1. The summed E-state index contributed by atoms with van der Waals surface area (Å²) in [4.78, 5) is 16.3. The summed E-state index contributed by atoms with van der Waals surface area (Å²) in [6.45, 7) is -0.691. The Balaban J connectivity index is 1.83. The molecule has 1 atom stereocenters. The van der Waals surface area contributed by atoms with Crippen molar-refractivity contribution in [3.05, 3.63) is 71.3 Å². The van der Waals surface area contributed by atoms with Gasteiger partial charge in [-0.2, -0.15) is 26.3 Å². The van der Waals surface area contributed by atoms with E-state index < -0.39 is 30.5 Å². The molecule has 0 aromatic heterocycles. The molecule has 0 spiro atoms. The maximum Gasteiger partial charge on any atom is 0.434 e. The van der Waals surface area contributed by atoms with Crippen LogP contribution in [0.4, 0.5) is 26.3 Å². The van der Waals surface area contributed by atoms with E-state index in [1.54, 1.807) is 24.3 Å². The summed E-state index contributed by atoms with van der Waals surface area (Å²) >= 11 is 0. The van der Waals surface area contributed by atoms with Gasteiger partial charge in [0.25, 0.3) is 11.6 Å². The zero-order chi connectivity index (χ0) is 22.0. The molecule has 3 rings (SSSR count). The minimum atomic E-state index is -5.84. The highest BCUT2D eigenvalue weighted by Crippen LogP contribution is 2.41. The molecule has 4 nitrogen and oxygen atoms in total. The van der Waals surface area contributed by atoms with Crippen LogP contribution in [0, 0.1) is 0 Å². The summed E-state index contributed by atoms with van der Waals surface area (Å²) in [5.41, 5.74) is -3.68. The van der Waals surface area contributed by atoms with Gasteiger partial charge in [0.1, 0.15) is 0 Å². The number of rotatable bonds is 6. The molecular weight excluding hydrogens is 412 g/mol. The third-order valence-electron chi connectivity index (χ3n) is 4.73. The lowest BCUT2D eigenvalue weighted by Gasteiger charge is -2.38. The number of carbonyl (C=O) groups excluding carboxylic acids is 1. The number of hydrogen-bond donors (Lipinski definition) is 2. The molecule has 2 aliphatic rings. The number of allylic oxidation sites excluding steroid dienone is 2. The molecule has 0 fully saturated rings. The van der Waals surface area contributed by atoms with Crippen molar-refractivity contribution in [2.45, 2.75) is 30.5 Å². The lowest BCUT2D eigenvalue weighted by molar-refractivity contribution is -0.314. The van der Waals surface area contributed by atoms with Gasteiger partial charge in [0.15, 0.2) is 0 Å². The molecule has 30 heavy (non-hydrogen) atoms. The van der Waals surface area contributed by atoms with Gasteiger partial charge in [0.05, 0.1) is 6.04 Å². The van der Waals surface area contributed by atoms with Crippen molar-refractivity contribution in [1.29, 1.82) is 0 Å². The number of nitrogens with one attached hydrogen (secondary N) is 2. The van der Waals surface area contributed by atoms with Crippen LogP contribution < -0.4 is 10.6 Å². The molecule has 0 saturated heterocycles. The van der Waals surface area contributed by atoms with Crippen molar-refractivity contribution in [3.8, 4) is 0 Å². The standard InChI is InChI=1S/C20H17F6N3O/c21-19(22,23)18(20(24,25)26,29-17(30)13-6-2-1-3-7-13)28-11-10-14-12-27-16-9-5-4-8-15(14)16/h1-9,12,16,28H,10-11H2,(H,29,30). The summed E-state index contributed by atoms with van der Waals surface area (Å²) < 4.78 is 82.0. The number of aliphatic imine (C=N–C) groups is 1. The number of alkyl halides is 6. The number of carbonyl (C=O) groups is 1. The maximum absolute atomic E-state index is 13.7. The smallest absolute Gasteiger partial charge is 0.319 e. The minimum Gasteiger partial charge on any atom is -0.319 e. The van der Waals surface area contributed by atoms with Crippen molar-refractivity contribution in [1.82, 2.24) is 10.6 Å². The number of halogens is 6. The van der Waals surface area contributed by atoms with Crippen molar-refractivity contribution < 1.29 is 31.1 Å². The van der Waals surface area contributed by atoms with E-state index in [9.17, 15) is 31.1 Å². The van der Waals surface area contributed by atoms with E-state index in [4.69, 9.17) is 0 Å². The van der Waals surface area contributed by atoms with E-state index in [0.29, 0.717) is 5.57 Å². The molecule has 1 aliphatic heterocycles. The number of hydrogen-bond acceptors (Lipinski definition) is 3. The predicted molar refractivity (Wildman–Crippen MR) is 99.0 cm³/mol. The molecule has 1 aliphatic carbocycles. The first-order valence-corrected chi connectivity index (χ1v) is 8.92. The Bertz CT molecular complexity index is 899. The Kier molecular flexibility index (Phi) is 5.89. The minimum absolute atomic E-state index is 0.136. The average molecular weight is 429 g/mol. The molecule has 0 bridgehead atoms. The topological polar surface area (TPSA) is 53.5 Å². The molecular formula is C20H17F6N3O. The summed E-state index contributed by atoms with van der Waals surface area (Å²) in [6.07, 6.45) is -3.43. The number of nitrogens with zero attached hydrogens (tertiary/aromatic N) is 1. The first kappa shape index (κ1) is 21.8. The van der Waals surface area contributed by atoms with Crippen LogP contribution in [-0.4, -0.2) is 42.7 Å². The van der Waals surface area contributed by atoms with Crippen LogP contribution in [0.1, 0.15) is 16.8 Å². The second-order valence-corrected chi connectivity index (χ2v) is 6.69. The number of benzene rings is 1. The number of amides is 1. The van der Waals surface area contributed by atoms with Gasteiger partial charge in [-0.3, -0.25) is 15.1 Å². The monoisotopic (exact) mass is 429 g/mol. The van der Waals surface area contributed by atoms with Crippen LogP contribution in [0.3, 0.4) is 0 Å². The van der Waals surface area contributed by atoms with Crippen LogP contribution in [0.2, 0.25) is 0 Å². The van der Waals surface area contributed by atoms with Gasteiger partial charge in [-0.25, -0.2) is 0 Å². The van der Waals surface area contributed by atoms with Crippen LogP contribution >= 0.6 is 0 Å². The zero-order valence-corrected chi connectivity index (χ0v) is 15.4. The van der Waals surface area contributed by atoms with Gasteiger partial charge in [-0.1, -0.05) is 42.5 Å². The fraction of sp³-hybridized carbons (Fsp3) is 0.300. The second-order valence-electron chi connectivity index (χ2n) is 6.69. The van der Waals surface area contributed by atoms with E-state index in [2.05, 4.69) is 4.99 Å². The Morgan fingerprint density at radius 2 is 1.67 bits per heavy atom. The molecule has 1 amide bonds. The van der Waals surface area contributed by atoms with Crippen LogP contribution in [0.25, 0.3) is 0 Å². The van der Waals surface area contributed by atoms with Crippen molar-refractivity contribution >= 4 is 12.1 Å². The van der Waals surface area contributed by atoms with Gasteiger partial charge in [0, 0.05) is 18.3 Å². The molecule has 1 unspecified atom stereocenters. The summed E-state index contributed by atoms with van der Waals surface area (Å²) in [5, 5.41) is 2.65. The molecule has 1 heterocycles.